The smallest absolute Gasteiger partial charge is 0.223 e. The number of hydrogen-bond donors (Lipinski definition) is 0. The molecule has 0 aliphatic rings. The zero-order valence-electron chi connectivity index (χ0n) is 6.67. The molecule has 0 aliphatic heterocycles. The van der Waals surface area contributed by atoms with Gasteiger partial charge in [-0.3, -0.25) is 0 Å². The minimum Gasteiger partial charge on any atom is -0.226 e. The predicted octanol–water partition coefficient (Wildman–Crippen LogP) is 4.27. The molecule has 0 unspecified atom stereocenters. The van der Waals surface area contributed by atoms with Crippen LogP contribution < -0.4 is 0 Å². The SMILES string of the molecule is Clc1ncc(-c2ccc(Br)s2)c(Cl)n1. The zero-order chi connectivity index (χ0) is 10.1. The Hall–Kier alpha value is -0.160. The van der Waals surface area contributed by atoms with Crippen LogP contribution in [-0.2, 0) is 0 Å². The van der Waals surface area contributed by atoms with Crippen molar-refractivity contribution in [1.29, 1.82) is 0 Å². The van der Waals surface area contributed by atoms with Gasteiger partial charge in [0.05, 0.1) is 3.79 Å². The zero-order valence-corrected chi connectivity index (χ0v) is 10.6. The van der Waals surface area contributed by atoms with Gasteiger partial charge in [0, 0.05) is 16.6 Å². The van der Waals surface area contributed by atoms with Crippen LogP contribution in [0.25, 0.3) is 10.4 Å². The van der Waals surface area contributed by atoms with Gasteiger partial charge in [-0.2, -0.15) is 0 Å². The fourth-order valence-corrected chi connectivity index (χ4v) is 2.83. The van der Waals surface area contributed by atoms with Crippen LogP contribution in [-0.4, -0.2) is 9.97 Å². The standard InChI is InChI=1S/C8H3BrCl2N2S/c9-6-2-1-5(14-6)4-3-12-8(11)13-7(4)10/h1-3H. The number of nitrogens with zero attached hydrogens (tertiary/aromatic N) is 2. The van der Waals surface area contributed by atoms with Crippen molar-refractivity contribution >= 4 is 50.5 Å². The van der Waals surface area contributed by atoms with Gasteiger partial charge < -0.3 is 0 Å². The highest BCUT2D eigenvalue weighted by molar-refractivity contribution is 9.11. The Morgan fingerprint density at radius 2 is 2.07 bits per heavy atom. The summed E-state index contributed by atoms with van der Waals surface area (Å²) in [5.74, 6) is 0. The van der Waals surface area contributed by atoms with Gasteiger partial charge in [0.1, 0.15) is 5.15 Å². The number of halogens is 3. The van der Waals surface area contributed by atoms with Crippen LogP contribution in [0.4, 0.5) is 0 Å². The highest BCUT2D eigenvalue weighted by Gasteiger charge is 2.08. The van der Waals surface area contributed by atoms with Gasteiger partial charge in [-0.1, -0.05) is 11.6 Å². The summed E-state index contributed by atoms with van der Waals surface area (Å²) in [6.45, 7) is 0. The van der Waals surface area contributed by atoms with Crippen molar-refractivity contribution in [2.45, 2.75) is 0 Å². The van der Waals surface area contributed by atoms with E-state index in [9.17, 15) is 0 Å². The van der Waals surface area contributed by atoms with Crippen LogP contribution in [0.15, 0.2) is 22.1 Å². The quantitative estimate of drug-likeness (QED) is 0.580. The number of hydrogen-bond acceptors (Lipinski definition) is 3. The summed E-state index contributed by atoms with van der Waals surface area (Å²) >= 11 is 16.5. The highest BCUT2D eigenvalue weighted by Crippen LogP contribution is 2.34. The summed E-state index contributed by atoms with van der Waals surface area (Å²) in [5, 5.41) is 0.536. The van der Waals surface area contributed by atoms with Crippen LogP contribution in [0.2, 0.25) is 10.4 Å². The third-order valence-corrected chi connectivity index (χ3v) is 3.68. The predicted molar refractivity (Wildman–Crippen MR) is 63.1 cm³/mol. The lowest BCUT2D eigenvalue weighted by molar-refractivity contribution is 1.17. The second-order valence-electron chi connectivity index (χ2n) is 2.45. The first-order valence-electron chi connectivity index (χ1n) is 3.60. The molecule has 0 saturated carbocycles. The van der Waals surface area contributed by atoms with Crippen molar-refractivity contribution in [3.63, 3.8) is 0 Å². The van der Waals surface area contributed by atoms with Crippen molar-refractivity contribution in [3.8, 4) is 10.4 Å². The van der Waals surface area contributed by atoms with E-state index in [4.69, 9.17) is 23.2 Å². The van der Waals surface area contributed by atoms with Gasteiger partial charge >= 0.3 is 0 Å². The van der Waals surface area contributed by atoms with Crippen molar-refractivity contribution in [2.75, 3.05) is 0 Å². The number of aromatic nitrogens is 2. The molecule has 0 spiro atoms. The molecule has 2 rings (SSSR count). The topological polar surface area (TPSA) is 25.8 Å². The molecular weight excluding hydrogens is 307 g/mol. The fraction of sp³-hybridized carbons (Fsp3) is 0. The number of rotatable bonds is 1. The highest BCUT2D eigenvalue weighted by atomic mass is 79.9. The van der Waals surface area contributed by atoms with E-state index in [1.54, 1.807) is 17.5 Å². The summed E-state index contributed by atoms with van der Waals surface area (Å²) < 4.78 is 1.04. The normalized spacial score (nSPS) is 10.5. The molecule has 0 N–H and O–H groups in total. The van der Waals surface area contributed by atoms with Gasteiger partial charge in [0.15, 0.2) is 0 Å². The maximum atomic E-state index is 5.93. The molecule has 0 bridgehead atoms. The maximum Gasteiger partial charge on any atom is 0.223 e. The van der Waals surface area contributed by atoms with Gasteiger partial charge in [-0.05, 0) is 39.7 Å². The molecule has 0 aliphatic carbocycles. The lowest BCUT2D eigenvalue weighted by Gasteiger charge is -1.98. The van der Waals surface area contributed by atoms with Crippen LogP contribution >= 0.6 is 50.5 Å². The summed E-state index contributed by atoms with van der Waals surface area (Å²) in [7, 11) is 0. The Labute approximate surface area is 103 Å². The Balaban J connectivity index is 2.52. The van der Waals surface area contributed by atoms with Crippen molar-refractivity contribution < 1.29 is 0 Å². The van der Waals surface area contributed by atoms with Crippen LogP contribution in [0.1, 0.15) is 0 Å². The molecule has 2 aromatic rings. The lowest BCUT2D eigenvalue weighted by atomic mass is 10.3. The molecule has 72 valence electrons. The van der Waals surface area contributed by atoms with E-state index in [0.29, 0.717) is 5.15 Å². The van der Waals surface area contributed by atoms with E-state index in [1.807, 2.05) is 12.1 Å². The Kier molecular flexibility index (Phi) is 3.07. The van der Waals surface area contributed by atoms with Crippen molar-refractivity contribution in [1.82, 2.24) is 9.97 Å². The summed E-state index contributed by atoms with van der Waals surface area (Å²) in [4.78, 5) is 8.77. The molecule has 0 aromatic carbocycles. The molecule has 2 heterocycles. The molecule has 0 radical (unpaired) electrons. The molecule has 14 heavy (non-hydrogen) atoms. The molecule has 0 atom stereocenters. The van der Waals surface area contributed by atoms with E-state index in [1.165, 1.54) is 0 Å². The van der Waals surface area contributed by atoms with E-state index in [2.05, 4.69) is 25.9 Å². The van der Waals surface area contributed by atoms with E-state index < -0.39 is 0 Å². The average Bonchev–Trinajstić information content (AvgIpc) is 2.51. The van der Waals surface area contributed by atoms with Crippen LogP contribution in [0.3, 0.4) is 0 Å². The van der Waals surface area contributed by atoms with E-state index in [-0.39, 0.29) is 5.28 Å². The summed E-state index contributed by atoms with van der Waals surface area (Å²) in [6.07, 6.45) is 1.62. The second kappa shape index (κ2) is 4.14. The summed E-state index contributed by atoms with van der Waals surface area (Å²) in [5.41, 5.74) is 0.798. The minimum atomic E-state index is 0.161. The van der Waals surface area contributed by atoms with Gasteiger partial charge in [-0.25, -0.2) is 9.97 Å². The fourth-order valence-electron chi connectivity index (χ4n) is 0.966. The Morgan fingerprint density at radius 3 is 2.64 bits per heavy atom. The first-order chi connectivity index (χ1) is 6.66. The van der Waals surface area contributed by atoms with Gasteiger partial charge in [-0.15, -0.1) is 11.3 Å². The molecule has 0 fully saturated rings. The van der Waals surface area contributed by atoms with E-state index in [0.717, 1.165) is 14.2 Å². The van der Waals surface area contributed by atoms with Crippen molar-refractivity contribution in [3.05, 3.63) is 32.6 Å². The van der Waals surface area contributed by atoms with Gasteiger partial charge in [0.25, 0.3) is 0 Å². The molecule has 0 amide bonds. The van der Waals surface area contributed by atoms with Crippen LogP contribution in [0, 0.1) is 0 Å². The second-order valence-corrected chi connectivity index (χ2v) is 5.61. The van der Waals surface area contributed by atoms with Gasteiger partial charge in [0.2, 0.25) is 5.28 Å². The molecule has 2 aromatic heterocycles. The third-order valence-electron chi connectivity index (χ3n) is 1.55. The molecule has 6 heteroatoms. The Morgan fingerprint density at radius 1 is 1.29 bits per heavy atom. The third kappa shape index (κ3) is 2.08. The summed E-state index contributed by atoms with van der Waals surface area (Å²) in [6, 6.07) is 3.90. The largest absolute Gasteiger partial charge is 0.226 e. The van der Waals surface area contributed by atoms with Crippen molar-refractivity contribution in [2.24, 2.45) is 0 Å². The van der Waals surface area contributed by atoms with E-state index >= 15 is 0 Å². The molecular formula is C8H3BrCl2N2S. The number of thiophene rings is 1. The van der Waals surface area contributed by atoms with Crippen LogP contribution in [0.5, 0.6) is 0 Å². The average molecular weight is 310 g/mol. The minimum absolute atomic E-state index is 0.161. The first kappa shape index (κ1) is 10.4. The maximum absolute atomic E-state index is 5.93. The molecule has 0 saturated heterocycles. The monoisotopic (exact) mass is 308 g/mol. The Bertz CT molecular complexity index is 472. The molecule has 2 nitrogen and oxygen atoms in total. The lowest BCUT2D eigenvalue weighted by Crippen LogP contribution is -1.85. The first-order valence-corrected chi connectivity index (χ1v) is 5.97.